The topological polar surface area (TPSA) is 222 Å². The van der Waals surface area contributed by atoms with Gasteiger partial charge in [-0.2, -0.15) is 0 Å². The Kier molecular flexibility index (Phi) is 14.1. The summed E-state index contributed by atoms with van der Waals surface area (Å²) in [5.41, 5.74) is 5.27. The number of hydrogen-bond donors (Lipinski definition) is 6. The maximum absolute atomic E-state index is 16.6. The zero-order valence-corrected chi connectivity index (χ0v) is 44.6. The number of carbonyl (C=O) groups excluding carboxylic acids is 2. The summed E-state index contributed by atoms with van der Waals surface area (Å²) in [4.78, 5) is 79.2. The molecule has 6 aliphatic heterocycles. The van der Waals surface area contributed by atoms with Crippen LogP contribution >= 0.6 is 0 Å². The highest BCUT2D eigenvalue weighted by molar-refractivity contribution is 5.88. The van der Waals surface area contributed by atoms with Crippen LogP contribution in [0.25, 0.3) is 22.1 Å². The average molecular weight is 1090 g/mol. The Labute approximate surface area is 457 Å². The minimum atomic E-state index is -1.22. The van der Waals surface area contributed by atoms with Crippen molar-refractivity contribution in [2.24, 2.45) is 23.7 Å². The van der Waals surface area contributed by atoms with Crippen molar-refractivity contribution in [1.82, 2.24) is 40.4 Å². The summed E-state index contributed by atoms with van der Waals surface area (Å²) in [5.74, 6) is -0.0995. The van der Waals surface area contributed by atoms with E-state index in [0.717, 1.165) is 92.8 Å². The molecule has 4 amide bonds. The minimum Gasteiger partial charge on any atom is -0.465 e. The van der Waals surface area contributed by atoms with Gasteiger partial charge in [0, 0.05) is 57.3 Å². The number of aromatic nitrogens is 4. The van der Waals surface area contributed by atoms with Crippen LogP contribution in [0.15, 0.2) is 48.5 Å². The number of anilines is 2. The third-order valence-corrected chi connectivity index (χ3v) is 19.6. The van der Waals surface area contributed by atoms with Crippen molar-refractivity contribution < 1.29 is 47.6 Å². The highest BCUT2D eigenvalue weighted by Crippen LogP contribution is 2.52. The number of fused-ring (bicyclic) bond motifs is 4. The number of H-pyrrole nitrogens is 2. The monoisotopic (exact) mass is 1090 g/mol. The molecule has 20 heteroatoms. The molecule has 8 heterocycles. The van der Waals surface area contributed by atoms with Gasteiger partial charge in [0.05, 0.1) is 46.2 Å². The molecule has 10 atom stereocenters. The van der Waals surface area contributed by atoms with E-state index in [1.54, 1.807) is 0 Å². The first-order valence-corrected chi connectivity index (χ1v) is 29.3. The predicted molar refractivity (Wildman–Crippen MR) is 289 cm³/mol. The molecule has 0 radical (unpaired) electrons. The van der Waals surface area contributed by atoms with Crippen molar-refractivity contribution in [3.63, 3.8) is 0 Å². The maximum atomic E-state index is 16.6. The van der Waals surface area contributed by atoms with Crippen LogP contribution in [0.1, 0.15) is 156 Å². The third kappa shape index (κ3) is 9.71. The fraction of sp³-hybridized carbons (Fsp3) is 0.593. The van der Waals surface area contributed by atoms with E-state index in [2.05, 4.69) is 49.8 Å². The summed E-state index contributed by atoms with van der Waals surface area (Å²) < 4.78 is 44.5. The van der Waals surface area contributed by atoms with Crippen LogP contribution in [0.3, 0.4) is 0 Å². The van der Waals surface area contributed by atoms with Crippen molar-refractivity contribution in [1.29, 1.82) is 0 Å². The number of benzene rings is 3. The lowest BCUT2D eigenvalue weighted by Crippen LogP contribution is -2.54. The Hall–Kier alpha value is -6.54. The van der Waals surface area contributed by atoms with E-state index < -0.39 is 35.9 Å². The van der Waals surface area contributed by atoms with E-state index in [0.29, 0.717) is 106 Å². The Morgan fingerprint density at radius 2 is 1.03 bits per heavy atom. The number of nitrogens with zero attached hydrogens (tertiary/aromatic N) is 6. The van der Waals surface area contributed by atoms with Crippen LogP contribution < -0.4 is 20.4 Å². The van der Waals surface area contributed by atoms with Crippen molar-refractivity contribution in [3.8, 4) is 0 Å². The summed E-state index contributed by atoms with van der Waals surface area (Å²) >= 11 is 0. The smallest absolute Gasteiger partial charge is 0.405 e. The molecule has 79 heavy (non-hydrogen) atoms. The van der Waals surface area contributed by atoms with Crippen LogP contribution in [-0.4, -0.2) is 128 Å². The maximum Gasteiger partial charge on any atom is 0.405 e. The van der Waals surface area contributed by atoms with Gasteiger partial charge in [-0.1, -0.05) is 25.0 Å². The molecule has 6 saturated heterocycles. The summed E-state index contributed by atoms with van der Waals surface area (Å²) in [6.45, 7) is 3.09. The molecule has 2 aliphatic carbocycles. The summed E-state index contributed by atoms with van der Waals surface area (Å²) in [7, 11) is 0. The van der Waals surface area contributed by atoms with Gasteiger partial charge in [-0.3, -0.25) is 9.59 Å². The van der Waals surface area contributed by atoms with E-state index in [4.69, 9.17) is 19.4 Å². The van der Waals surface area contributed by atoms with Gasteiger partial charge in [-0.25, -0.2) is 28.3 Å². The predicted octanol–water partition coefficient (Wildman–Crippen LogP) is 9.80. The Morgan fingerprint density at radius 3 is 1.47 bits per heavy atom. The lowest BCUT2D eigenvalue weighted by molar-refractivity contribution is -0.140. The van der Waals surface area contributed by atoms with Crippen molar-refractivity contribution in [3.05, 3.63) is 82.9 Å². The molecule has 18 nitrogen and oxygen atoms in total. The van der Waals surface area contributed by atoms with Crippen molar-refractivity contribution >= 4 is 57.4 Å². The molecule has 0 bridgehead atoms. The molecule has 8 fully saturated rings. The summed E-state index contributed by atoms with van der Waals surface area (Å²) in [6, 6.07) is 12.0. The van der Waals surface area contributed by atoms with Crippen LogP contribution in [0.5, 0.6) is 0 Å². The lowest BCUT2D eigenvalue weighted by atomic mass is 9.90. The second-order valence-corrected chi connectivity index (χ2v) is 23.9. The largest absolute Gasteiger partial charge is 0.465 e. The number of imidazole rings is 2. The van der Waals surface area contributed by atoms with E-state index in [-0.39, 0.29) is 77.4 Å². The molecule has 6 N–H and O–H groups in total. The van der Waals surface area contributed by atoms with E-state index in [1.165, 1.54) is 12.1 Å². The molecule has 2 aromatic heterocycles. The molecule has 8 aliphatic rings. The Bertz CT molecular complexity index is 2930. The minimum absolute atomic E-state index is 0.00878. The number of carboxylic acid groups (broad SMARTS) is 2. The van der Waals surface area contributed by atoms with Gasteiger partial charge in [0.2, 0.25) is 11.8 Å². The van der Waals surface area contributed by atoms with Gasteiger partial charge in [-0.15, -0.1) is 0 Å². The Morgan fingerprint density at radius 1 is 0.570 bits per heavy atom. The second kappa shape index (κ2) is 21.5. The fourth-order valence-corrected chi connectivity index (χ4v) is 15.9. The number of likely N-dealkylation sites (tertiary alicyclic amines) is 2. The number of aromatic amines is 2. The van der Waals surface area contributed by atoms with Gasteiger partial charge in [0.25, 0.3) is 0 Å². The average Bonchev–Trinajstić information content (AvgIpc) is 4.54. The first-order chi connectivity index (χ1) is 38.4. The summed E-state index contributed by atoms with van der Waals surface area (Å²) in [5, 5.41) is 25.1. The van der Waals surface area contributed by atoms with Crippen LogP contribution in [-0.2, 0) is 19.1 Å². The second-order valence-electron chi connectivity index (χ2n) is 23.9. The van der Waals surface area contributed by atoms with Gasteiger partial charge < -0.3 is 59.9 Å². The van der Waals surface area contributed by atoms with Gasteiger partial charge in [-0.05, 0) is 168 Å². The molecule has 0 unspecified atom stereocenters. The number of amides is 4. The highest BCUT2D eigenvalue weighted by Gasteiger charge is 2.52. The number of rotatable bonds is 12. The van der Waals surface area contributed by atoms with Gasteiger partial charge in [0.15, 0.2) is 11.6 Å². The lowest BCUT2D eigenvalue weighted by Gasteiger charge is -2.36. The first-order valence-electron chi connectivity index (χ1n) is 29.3. The van der Waals surface area contributed by atoms with Crippen molar-refractivity contribution in [2.75, 3.05) is 49.3 Å². The van der Waals surface area contributed by atoms with Gasteiger partial charge in [0.1, 0.15) is 29.4 Å². The Balaban J connectivity index is 0.828. The first kappa shape index (κ1) is 51.9. The molecule has 2 saturated carbocycles. The fourth-order valence-electron chi connectivity index (χ4n) is 15.9. The number of hydrogen-bond acceptors (Lipinski definition) is 10. The number of piperidine rings is 1. The zero-order valence-electron chi connectivity index (χ0n) is 44.6. The number of halogens is 2. The third-order valence-electron chi connectivity index (χ3n) is 19.6. The number of nitrogens with one attached hydrogen (secondary N) is 4. The zero-order chi connectivity index (χ0) is 54.1. The van der Waals surface area contributed by atoms with E-state index in [9.17, 15) is 29.4 Å². The summed E-state index contributed by atoms with van der Waals surface area (Å²) in [6.07, 6.45) is 11.1. The van der Waals surface area contributed by atoms with Crippen molar-refractivity contribution in [2.45, 2.75) is 157 Å². The van der Waals surface area contributed by atoms with Crippen LogP contribution in [0, 0.1) is 35.3 Å². The quantitative estimate of drug-likeness (QED) is 0.0688. The normalized spacial score (nSPS) is 28.4. The molecule has 5 aromatic rings. The van der Waals surface area contributed by atoms with Gasteiger partial charge >= 0.3 is 12.2 Å². The highest BCUT2D eigenvalue weighted by atomic mass is 19.1. The SMILES string of the molecule is O=C(O)N[C@H](C(=O)N1[C@H](c2nc3cc([C@H]4CC[C@H](c5ccc6[nH]c([C@@H]7C[C@@H]8CCC[C@@H]8N7C(=O)[C@@H](NC(=O)O)C7CCOCC7)nc6c5)N4c4cc(F)c(N5CCCCC5)c(F)c4)ccc3[nH]2)C[C@@H]2CCC[C@@H]21)C1CCOCC1. The molecular formula is C59H72F2N10O8. The van der Waals surface area contributed by atoms with E-state index in [1.807, 2.05) is 26.8 Å². The van der Waals surface area contributed by atoms with E-state index >= 15 is 8.78 Å². The standard InChI is InChI=1S/C59H72F2N10O8/c60-39-30-38(31-40(61)53(39)68-20-2-1-3-21-68)69-47(36-10-12-41-43(26-36)64-54(62-41)49-28-34-6-4-8-45(34)70(49)56(72)51(66-58(74)75)32-16-22-78-23-17-32)14-15-48(69)37-11-13-42-44(27-37)65-55(63-42)50-29-35-7-5-9-46(35)71(50)57(73)52(67-59(76)77)33-18-24-79-25-19-33/h10-13,26-27,30-35,45-52,66-67H,1-9,14-25,28-29H2,(H,62,64)(H,63,65)(H,74,75)(H,76,77)/t34-,35-,45-,46-,47+,48+,49-,50-,51-,52-/m0/s1. The molecule has 0 spiro atoms. The molecule has 420 valence electrons. The molecular weight excluding hydrogens is 1010 g/mol. The molecule has 13 rings (SSSR count). The number of carbonyl (C=O) groups is 4. The van der Waals surface area contributed by atoms with Crippen LogP contribution in [0.2, 0.25) is 0 Å². The number of ether oxygens (including phenoxy) is 2. The molecule has 3 aromatic carbocycles. The van der Waals surface area contributed by atoms with Crippen LogP contribution in [0.4, 0.5) is 29.7 Å².